The zero-order valence-corrected chi connectivity index (χ0v) is 20.5. The molecule has 2 heterocycles. The maximum absolute atomic E-state index is 12.9. The number of ether oxygens (including phenoxy) is 1. The monoisotopic (exact) mass is 500 g/mol. The zero-order chi connectivity index (χ0) is 24.1. The molecule has 1 amide bonds. The Balaban J connectivity index is 1.53. The maximum atomic E-state index is 12.9. The van der Waals surface area contributed by atoms with Crippen LogP contribution in [0.15, 0.2) is 42.6 Å². The van der Waals surface area contributed by atoms with E-state index < -0.39 is 5.91 Å². The average molecular weight is 501 g/mol. The van der Waals surface area contributed by atoms with Gasteiger partial charge in [-0.15, -0.1) is 0 Å². The molecule has 0 saturated carbocycles. The molecule has 0 atom stereocenters. The Morgan fingerprint density at radius 1 is 1.18 bits per heavy atom. The summed E-state index contributed by atoms with van der Waals surface area (Å²) in [6, 6.07) is 11.1. The van der Waals surface area contributed by atoms with Gasteiger partial charge in [0.15, 0.2) is 0 Å². The minimum absolute atomic E-state index is 0.162. The summed E-state index contributed by atoms with van der Waals surface area (Å²) < 4.78 is 5.63. The molecule has 178 valence electrons. The van der Waals surface area contributed by atoms with Crippen molar-refractivity contribution >= 4 is 52.1 Å². The Morgan fingerprint density at radius 3 is 2.59 bits per heavy atom. The smallest absolute Gasteiger partial charge is 0.262 e. The van der Waals surface area contributed by atoms with Gasteiger partial charge in [-0.05, 0) is 49.7 Å². The van der Waals surface area contributed by atoms with Gasteiger partial charge in [0.25, 0.3) is 5.91 Å². The lowest BCUT2D eigenvalue weighted by atomic mass is 10.1. The van der Waals surface area contributed by atoms with Crippen molar-refractivity contribution in [1.82, 2.24) is 15.3 Å². The number of nitrogens with zero attached hydrogens (tertiary/aromatic N) is 3. The lowest BCUT2D eigenvalue weighted by molar-refractivity contribution is 0.102. The van der Waals surface area contributed by atoms with Crippen LogP contribution in [0, 0.1) is 6.92 Å². The fourth-order valence-corrected chi connectivity index (χ4v) is 4.24. The lowest BCUT2D eigenvalue weighted by Crippen LogP contribution is -2.43. The lowest BCUT2D eigenvalue weighted by Gasteiger charge is -2.30. The van der Waals surface area contributed by atoms with Gasteiger partial charge in [-0.25, -0.2) is 4.98 Å². The fraction of sp³-hybridized carbons (Fsp3) is 0.292. The SMILES string of the molecule is CCOc1nc(Nc2ccc(N3CCNCC3)c(C)c2)ncc1C(=O)Nc1c(Cl)cccc1Cl. The number of aryl methyl sites for hydroxylation is 1. The molecular weight excluding hydrogens is 475 g/mol. The standard InChI is InChI=1S/C24H26Cl2N6O2/c1-3-34-23-17(22(33)30-21-18(25)5-4-6-19(21)26)14-28-24(31-23)29-16-7-8-20(15(2)13-16)32-11-9-27-10-12-32/h4-8,13-14,27H,3,9-12H2,1-2H3,(H,30,33)(H,28,29,31). The molecule has 0 unspecified atom stereocenters. The van der Waals surface area contributed by atoms with Crippen LogP contribution >= 0.6 is 23.2 Å². The number of carbonyl (C=O) groups is 1. The third-order valence-electron chi connectivity index (χ3n) is 5.39. The summed E-state index contributed by atoms with van der Waals surface area (Å²) >= 11 is 12.3. The first-order valence-corrected chi connectivity index (χ1v) is 11.8. The highest BCUT2D eigenvalue weighted by Gasteiger charge is 2.19. The molecule has 3 aromatic rings. The number of para-hydroxylation sites is 1. The molecule has 1 aliphatic heterocycles. The van der Waals surface area contributed by atoms with Gasteiger partial charge < -0.3 is 25.6 Å². The second-order valence-corrected chi connectivity index (χ2v) is 8.57. The fourth-order valence-electron chi connectivity index (χ4n) is 3.75. The van der Waals surface area contributed by atoms with Crippen molar-refractivity contribution in [2.24, 2.45) is 0 Å². The van der Waals surface area contributed by atoms with E-state index in [9.17, 15) is 4.79 Å². The van der Waals surface area contributed by atoms with Gasteiger partial charge in [0, 0.05) is 43.8 Å². The number of piperazine rings is 1. The molecule has 0 spiro atoms. The van der Waals surface area contributed by atoms with Crippen molar-refractivity contribution < 1.29 is 9.53 Å². The van der Waals surface area contributed by atoms with Crippen LogP contribution in [0.4, 0.5) is 23.0 Å². The second kappa shape index (κ2) is 10.9. The third kappa shape index (κ3) is 5.52. The number of halogens is 2. The van der Waals surface area contributed by atoms with Gasteiger partial charge in [-0.1, -0.05) is 29.3 Å². The van der Waals surface area contributed by atoms with E-state index in [1.54, 1.807) is 18.2 Å². The summed E-state index contributed by atoms with van der Waals surface area (Å²) in [4.78, 5) is 24.0. The molecule has 1 saturated heterocycles. The first-order chi connectivity index (χ1) is 16.5. The number of amides is 1. The number of hydrogen-bond acceptors (Lipinski definition) is 7. The third-order valence-corrected chi connectivity index (χ3v) is 6.02. The summed E-state index contributed by atoms with van der Waals surface area (Å²) in [6.45, 7) is 8.17. The van der Waals surface area contributed by atoms with Gasteiger partial charge >= 0.3 is 0 Å². The largest absolute Gasteiger partial charge is 0.477 e. The van der Waals surface area contributed by atoms with Crippen molar-refractivity contribution in [2.75, 3.05) is 48.3 Å². The van der Waals surface area contributed by atoms with Crippen LogP contribution in [-0.4, -0.2) is 48.7 Å². The number of aromatic nitrogens is 2. The number of nitrogens with one attached hydrogen (secondary N) is 3. The van der Waals surface area contributed by atoms with E-state index in [0.717, 1.165) is 37.4 Å². The Hall–Kier alpha value is -3.07. The summed E-state index contributed by atoms with van der Waals surface area (Å²) in [7, 11) is 0. The quantitative estimate of drug-likeness (QED) is 0.425. The van der Waals surface area contributed by atoms with Crippen molar-refractivity contribution in [3.63, 3.8) is 0 Å². The number of rotatable bonds is 7. The molecule has 4 rings (SSSR count). The van der Waals surface area contributed by atoms with Gasteiger partial charge in [0.05, 0.1) is 22.3 Å². The van der Waals surface area contributed by atoms with Crippen LogP contribution in [0.25, 0.3) is 0 Å². The first-order valence-electron chi connectivity index (χ1n) is 11.0. The van der Waals surface area contributed by atoms with E-state index in [4.69, 9.17) is 27.9 Å². The highest BCUT2D eigenvalue weighted by Crippen LogP contribution is 2.31. The number of anilines is 4. The van der Waals surface area contributed by atoms with Gasteiger partial charge in [0.1, 0.15) is 5.56 Å². The number of carbonyl (C=O) groups excluding carboxylic acids is 1. The molecule has 3 N–H and O–H groups in total. The number of benzene rings is 2. The van der Waals surface area contributed by atoms with Crippen molar-refractivity contribution in [2.45, 2.75) is 13.8 Å². The molecule has 0 aliphatic carbocycles. The highest BCUT2D eigenvalue weighted by atomic mass is 35.5. The predicted octanol–water partition coefficient (Wildman–Crippen LogP) is 4.90. The molecule has 34 heavy (non-hydrogen) atoms. The Labute approximate surface area is 208 Å². The normalized spacial score (nSPS) is 13.5. The highest BCUT2D eigenvalue weighted by molar-refractivity contribution is 6.40. The Kier molecular flexibility index (Phi) is 7.72. The minimum Gasteiger partial charge on any atom is -0.477 e. The van der Waals surface area contributed by atoms with E-state index in [-0.39, 0.29) is 11.4 Å². The van der Waals surface area contributed by atoms with Crippen LogP contribution in [-0.2, 0) is 0 Å². The minimum atomic E-state index is -0.471. The Bertz CT molecular complexity index is 1160. The summed E-state index contributed by atoms with van der Waals surface area (Å²) in [5, 5.41) is 9.95. The van der Waals surface area contributed by atoms with E-state index in [1.807, 2.05) is 13.0 Å². The summed E-state index contributed by atoms with van der Waals surface area (Å²) in [5.74, 6) is 0.0150. The molecule has 1 aromatic heterocycles. The van der Waals surface area contributed by atoms with E-state index in [2.05, 4.69) is 49.9 Å². The molecule has 0 bridgehead atoms. The van der Waals surface area contributed by atoms with Gasteiger partial charge in [-0.3, -0.25) is 4.79 Å². The Morgan fingerprint density at radius 2 is 1.91 bits per heavy atom. The van der Waals surface area contributed by atoms with E-state index in [0.29, 0.717) is 28.3 Å². The van der Waals surface area contributed by atoms with Gasteiger partial charge in [-0.2, -0.15) is 4.98 Å². The number of hydrogen-bond donors (Lipinski definition) is 3. The molecule has 8 nitrogen and oxygen atoms in total. The molecule has 10 heteroatoms. The van der Waals surface area contributed by atoms with Crippen LogP contribution in [0.3, 0.4) is 0 Å². The van der Waals surface area contributed by atoms with Crippen LogP contribution in [0.5, 0.6) is 5.88 Å². The van der Waals surface area contributed by atoms with Gasteiger partial charge in [0.2, 0.25) is 11.8 Å². The molecule has 1 aliphatic rings. The van der Waals surface area contributed by atoms with Crippen molar-refractivity contribution in [3.05, 3.63) is 63.8 Å². The molecule has 1 fully saturated rings. The summed E-state index contributed by atoms with van der Waals surface area (Å²) in [5.41, 5.74) is 3.71. The second-order valence-electron chi connectivity index (χ2n) is 7.76. The summed E-state index contributed by atoms with van der Waals surface area (Å²) in [6.07, 6.45) is 1.42. The van der Waals surface area contributed by atoms with E-state index >= 15 is 0 Å². The zero-order valence-electron chi connectivity index (χ0n) is 19.0. The van der Waals surface area contributed by atoms with Crippen LogP contribution in [0.2, 0.25) is 10.0 Å². The van der Waals surface area contributed by atoms with Crippen molar-refractivity contribution in [1.29, 1.82) is 0 Å². The average Bonchev–Trinajstić information content (AvgIpc) is 2.82. The van der Waals surface area contributed by atoms with E-state index in [1.165, 1.54) is 11.9 Å². The van der Waals surface area contributed by atoms with Crippen molar-refractivity contribution in [3.8, 4) is 5.88 Å². The topological polar surface area (TPSA) is 91.4 Å². The molecule has 0 radical (unpaired) electrons. The van der Waals surface area contributed by atoms with Crippen LogP contribution in [0.1, 0.15) is 22.8 Å². The van der Waals surface area contributed by atoms with Crippen LogP contribution < -0.4 is 25.6 Å². The first kappa shape index (κ1) is 24.1. The molecule has 2 aromatic carbocycles. The maximum Gasteiger partial charge on any atom is 0.262 e. The predicted molar refractivity (Wildman–Crippen MR) is 137 cm³/mol. The molecular formula is C24H26Cl2N6O2.